The lowest BCUT2D eigenvalue weighted by molar-refractivity contribution is 0.261. The molecule has 16 heavy (non-hydrogen) atoms. The highest BCUT2D eigenvalue weighted by Crippen LogP contribution is 2.08. The summed E-state index contributed by atoms with van der Waals surface area (Å²) in [5, 5.41) is 0. The SMILES string of the molecule is CCCCCCCCCCOS(=O)(=O)O.[NH4+]. The highest BCUT2D eigenvalue weighted by molar-refractivity contribution is 7.80. The summed E-state index contributed by atoms with van der Waals surface area (Å²) in [5.41, 5.74) is 0. The lowest BCUT2D eigenvalue weighted by Gasteiger charge is -2.01. The van der Waals surface area contributed by atoms with Crippen molar-refractivity contribution in [2.24, 2.45) is 0 Å². The Morgan fingerprint density at radius 1 is 0.938 bits per heavy atom. The molecule has 0 fully saturated rings. The highest BCUT2D eigenvalue weighted by atomic mass is 32.3. The van der Waals surface area contributed by atoms with Gasteiger partial charge in [0.05, 0.1) is 6.61 Å². The Labute approximate surface area is 99.1 Å². The number of unbranched alkanes of at least 4 members (excludes halogenated alkanes) is 7. The molecule has 6 heteroatoms. The van der Waals surface area contributed by atoms with E-state index < -0.39 is 10.4 Å². The van der Waals surface area contributed by atoms with Gasteiger partial charge < -0.3 is 6.15 Å². The molecule has 0 aliphatic carbocycles. The monoisotopic (exact) mass is 256 g/mol. The Morgan fingerprint density at radius 2 is 1.38 bits per heavy atom. The summed E-state index contributed by atoms with van der Waals surface area (Å²) in [4.78, 5) is 0. The number of quaternary nitrogens is 1. The first-order chi connectivity index (χ1) is 7.06. The van der Waals surface area contributed by atoms with E-state index in [0.29, 0.717) is 6.42 Å². The van der Waals surface area contributed by atoms with E-state index >= 15 is 0 Å². The van der Waals surface area contributed by atoms with Crippen LogP contribution in [0.15, 0.2) is 0 Å². The summed E-state index contributed by atoms with van der Waals surface area (Å²) in [5.74, 6) is 0. The van der Waals surface area contributed by atoms with Crippen molar-refractivity contribution < 1.29 is 17.2 Å². The van der Waals surface area contributed by atoms with Crippen LogP contribution in [0.1, 0.15) is 58.3 Å². The summed E-state index contributed by atoms with van der Waals surface area (Å²) >= 11 is 0. The molecule has 0 saturated carbocycles. The second-order valence-electron chi connectivity index (χ2n) is 3.72. The van der Waals surface area contributed by atoms with Crippen LogP contribution in [0.2, 0.25) is 0 Å². The molecule has 0 aromatic heterocycles. The third-order valence-electron chi connectivity index (χ3n) is 2.23. The molecule has 0 aromatic rings. The summed E-state index contributed by atoms with van der Waals surface area (Å²) in [7, 11) is -4.23. The lowest BCUT2D eigenvalue weighted by Crippen LogP contribution is -2.04. The number of rotatable bonds is 10. The van der Waals surface area contributed by atoms with Crippen molar-refractivity contribution in [3.8, 4) is 0 Å². The topological polar surface area (TPSA) is 100 Å². The van der Waals surface area contributed by atoms with Gasteiger partial charge >= 0.3 is 10.4 Å². The molecule has 5 nitrogen and oxygen atoms in total. The van der Waals surface area contributed by atoms with Crippen molar-refractivity contribution >= 4 is 10.4 Å². The smallest absolute Gasteiger partial charge is 0.369 e. The molecule has 0 atom stereocenters. The fourth-order valence-electron chi connectivity index (χ4n) is 1.40. The Bertz CT molecular complexity index is 229. The zero-order valence-electron chi connectivity index (χ0n) is 10.4. The standard InChI is InChI=1S/C10H22O4S.H3N/c1-2-3-4-5-6-7-8-9-10-14-15(11,12)13;/h2-10H2,1H3,(H,11,12,13);1H3/p+1. The van der Waals surface area contributed by atoms with Crippen LogP contribution in [-0.2, 0) is 14.6 Å². The van der Waals surface area contributed by atoms with Crippen LogP contribution in [0.5, 0.6) is 0 Å². The first-order valence-electron chi connectivity index (χ1n) is 5.68. The van der Waals surface area contributed by atoms with Crippen molar-refractivity contribution in [2.45, 2.75) is 58.3 Å². The van der Waals surface area contributed by atoms with Gasteiger partial charge in [-0.1, -0.05) is 51.9 Å². The largest absolute Gasteiger partial charge is 0.397 e. The van der Waals surface area contributed by atoms with Crippen molar-refractivity contribution in [3.63, 3.8) is 0 Å². The van der Waals surface area contributed by atoms with Crippen molar-refractivity contribution in [3.05, 3.63) is 0 Å². The average Bonchev–Trinajstić information content (AvgIpc) is 2.14. The molecule has 0 saturated heterocycles. The van der Waals surface area contributed by atoms with Crippen LogP contribution in [0, 0.1) is 0 Å². The molecule has 100 valence electrons. The van der Waals surface area contributed by atoms with Gasteiger partial charge in [0.1, 0.15) is 0 Å². The van der Waals surface area contributed by atoms with Gasteiger partial charge in [0, 0.05) is 0 Å². The van der Waals surface area contributed by atoms with E-state index in [1.165, 1.54) is 32.1 Å². The number of hydrogen-bond acceptors (Lipinski definition) is 3. The van der Waals surface area contributed by atoms with Crippen LogP contribution in [0.3, 0.4) is 0 Å². The summed E-state index contributed by atoms with van der Waals surface area (Å²) in [6.07, 6.45) is 9.05. The third kappa shape index (κ3) is 16.3. The van der Waals surface area contributed by atoms with Gasteiger partial charge in [-0.3, -0.25) is 4.55 Å². The molecule has 0 aromatic carbocycles. The molecule has 0 aliphatic rings. The molecule has 0 amide bonds. The van der Waals surface area contributed by atoms with Crippen molar-refractivity contribution in [2.75, 3.05) is 6.61 Å². The molecule has 0 unspecified atom stereocenters. The summed E-state index contributed by atoms with van der Waals surface area (Å²) in [6.45, 7) is 2.28. The van der Waals surface area contributed by atoms with Crippen molar-refractivity contribution in [1.29, 1.82) is 0 Å². The molecular formula is C10H26NO4S+. The molecule has 0 heterocycles. The molecule has 0 rings (SSSR count). The Morgan fingerprint density at radius 3 is 1.81 bits per heavy atom. The molecule has 0 aliphatic heterocycles. The van der Waals surface area contributed by atoms with E-state index in [1.807, 2.05) is 0 Å². The predicted molar refractivity (Wildman–Crippen MR) is 66.1 cm³/mol. The maximum Gasteiger partial charge on any atom is 0.397 e. The van der Waals surface area contributed by atoms with Crippen LogP contribution in [0.4, 0.5) is 0 Å². The predicted octanol–water partition coefficient (Wildman–Crippen LogP) is 3.32. The highest BCUT2D eigenvalue weighted by Gasteiger charge is 2.02. The van der Waals surface area contributed by atoms with E-state index in [0.717, 1.165) is 12.8 Å². The molecule has 0 bridgehead atoms. The summed E-state index contributed by atoms with van der Waals surface area (Å²) < 4.78 is 32.8. The van der Waals surface area contributed by atoms with Crippen LogP contribution >= 0.6 is 0 Å². The first-order valence-corrected chi connectivity index (χ1v) is 7.04. The van der Waals surface area contributed by atoms with Crippen LogP contribution in [-0.4, -0.2) is 19.6 Å². The first kappa shape index (κ1) is 18.2. The zero-order chi connectivity index (χ0) is 11.6. The second kappa shape index (κ2) is 11.3. The van der Waals surface area contributed by atoms with Gasteiger partial charge in [-0.05, 0) is 6.42 Å². The van der Waals surface area contributed by atoms with E-state index in [-0.39, 0.29) is 12.8 Å². The van der Waals surface area contributed by atoms with Crippen LogP contribution in [0.25, 0.3) is 0 Å². The molecule has 0 spiro atoms. The van der Waals surface area contributed by atoms with Gasteiger partial charge in [0.25, 0.3) is 0 Å². The average molecular weight is 256 g/mol. The van der Waals surface area contributed by atoms with Crippen molar-refractivity contribution in [1.82, 2.24) is 6.15 Å². The maximum absolute atomic E-state index is 10.2. The zero-order valence-corrected chi connectivity index (χ0v) is 11.3. The Hall–Kier alpha value is -0.170. The fraction of sp³-hybridized carbons (Fsp3) is 1.00. The Balaban J connectivity index is 0. The van der Waals surface area contributed by atoms with Gasteiger partial charge in [-0.15, -0.1) is 0 Å². The molecule has 5 N–H and O–H groups in total. The Kier molecular flexibility index (Phi) is 12.9. The number of hydrogen-bond donors (Lipinski definition) is 2. The minimum absolute atomic E-state index is 0. The third-order valence-corrected chi connectivity index (χ3v) is 2.69. The lowest BCUT2D eigenvalue weighted by atomic mass is 10.1. The molecule has 0 radical (unpaired) electrons. The second-order valence-corrected chi connectivity index (χ2v) is 4.82. The van der Waals surface area contributed by atoms with Gasteiger partial charge in [0.2, 0.25) is 0 Å². The minimum atomic E-state index is -4.23. The fourth-order valence-corrected chi connectivity index (χ4v) is 1.73. The van der Waals surface area contributed by atoms with E-state index in [2.05, 4.69) is 11.1 Å². The maximum atomic E-state index is 10.2. The molecular weight excluding hydrogens is 230 g/mol. The quantitative estimate of drug-likeness (QED) is 0.462. The minimum Gasteiger partial charge on any atom is -0.369 e. The van der Waals surface area contributed by atoms with Gasteiger partial charge in [-0.25, -0.2) is 4.18 Å². The normalized spacial score (nSPS) is 11.1. The van der Waals surface area contributed by atoms with E-state index in [1.54, 1.807) is 0 Å². The van der Waals surface area contributed by atoms with E-state index in [9.17, 15) is 8.42 Å². The van der Waals surface area contributed by atoms with Crippen LogP contribution < -0.4 is 6.15 Å². The van der Waals surface area contributed by atoms with Gasteiger partial charge in [0.15, 0.2) is 0 Å². The van der Waals surface area contributed by atoms with E-state index in [4.69, 9.17) is 4.55 Å². The summed E-state index contributed by atoms with van der Waals surface area (Å²) in [6, 6.07) is 0. The van der Waals surface area contributed by atoms with Gasteiger partial charge in [-0.2, -0.15) is 8.42 Å².